The Morgan fingerprint density at radius 1 is 1.53 bits per heavy atom. The van der Waals surface area contributed by atoms with E-state index in [1.807, 2.05) is 6.92 Å². The maximum atomic E-state index is 13.2. The number of benzene rings is 1. The molecule has 0 spiro atoms. The van der Waals surface area contributed by atoms with Gasteiger partial charge >= 0.3 is 0 Å². The maximum absolute atomic E-state index is 13.2. The van der Waals surface area contributed by atoms with Crippen molar-refractivity contribution in [1.82, 2.24) is 4.90 Å². The van der Waals surface area contributed by atoms with Crippen LogP contribution in [0.4, 0.5) is 4.39 Å². The molecule has 1 atom stereocenters. The van der Waals surface area contributed by atoms with Gasteiger partial charge in [-0.05, 0) is 25.1 Å². The number of ether oxygens (including phenoxy) is 1. The van der Waals surface area contributed by atoms with Gasteiger partial charge in [0.2, 0.25) is 0 Å². The van der Waals surface area contributed by atoms with Crippen LogP contribution in [-0.4, -0.2) is 36.6 Å². The normalized spacial score (nSPS) is 20.4. The summed E-state index contributed by atoms with van der Waals surface area (Å²) in [5.41, 5.74) is 0.367. The average molecular weight is 302 g/mol. The van der Waals surface area contributed by atoms with Crippen LogP contribution in [0.5, 0.6) is 0 Å². The predicted molar refractivity (Wildman–Crippen MR) is 65.4 cm³/mol. The van der Waals surface area contributed by atoms with Gasteiger partial charge in [0.1, 0.15) is 5.82 Å². The number of hydrogen-bond acceptors (Lipinski definition) is 2. The van der Waals surface area contributed by atoms with E-state index >= 15 is 0 Å². The maximum Gasteiger partial charge on any atom is 0.254 e. The topological polar surface area (TPSA) is 29.5 Å². The molecule has 1 aromatic rings. The van der Waals surface area contributed by atoms with E-state index in [9.17, 15) is 9.18 Å². The molecule has 1 saturated heterocycles. The van der Waals surface area contributed by atoms with Gasteiger partial charge < -0.3 is 9.64 Å². The lowest BCUT2D eigenvalue weighted by Crippen LogP contribution is -2.44. The van der Waals surface area contributed by atoms with Crippen LogP contribution in [0.3, 0.4) is 0 Å². The van der Waals surface area contributed by atoms with Gasteiger partial charge in [0.05, 0.1) is 12.7 Å². The third-order valence-corrected chi connectivity index (χ3v) is 3.10. The largest absolute Gasteiger partial charge is 0.375 e. The first-order valence-corrected chi connectivity index (χ1v) is 6.22. The lowest BCUT2D eigenvalue weighted by atomic mass is 10.1. The van der Waals surface area contributed by atoms with Crippen LogP contribution >= 0.6 is 15.9 Å². The van der Waals surface area contributed by atoms with E-state index in [2.05, 4.69) is 15.9 Å². The first kappa shape index (κ1) is 12.5. The Hall–Kier alpha value is -0.940. The molecule has 0 aliphatic carbocycles. The van der Waals surface area contributed by atoms with Gasteiger partial charge in [-0.15, -0.1) is 0 Å². The molecule has 1 heterocycles. The minimum absolute atomic E-state index is 0.0321. The summed E-state index contributed by atoms with van der Waals surface area (Å²) in [5.74, 6) is -0.565. The van der Waals surface area contributed by atoms with Crippen LogP contribution in [0.1, 0.15) is 17.3 Å². The van der Waals surface area contributed by atoms with E-state index in [1.165, 1.54) is 12.1 Å². The molecule has 1 amide bonds. The van der Waals surface area contributed by atoms with Crippen molar-refractivity contribution in [2.24, 2.45) is 0 Å². The summed E-state index contributed by atoms with van der Waals surface area (Å²) >= 11 is 3.18. The molecule has 92 valence electrons. The predicted octanol–water partition coefficient (Wildman–Crippen LogP) is 2.45. The van der Waals surface area contributed by atoms with E-state index in [1.54, 1.807) is 11.0 Å². The summed E-state index contributed by atoms with van der Waals surface area (Å²) in [7, 11) is 0. The molecular formula is C12H13BrFNO2. The molecule has 1 unspecified atom stereocenters. The second kappa shape index (κ2) is 5.14. The van der Waals surface area contributed by atoms with E-state index < -0.39 is 5.82 Å². The third-order valence-electron chi connectivity index (χ3n) is 2.64. The summed E-state index contributed by atoms with van der Waals surface area (Å²) in [6, 6.07) is 4.22. The summed E-state index contributed by atoms with van der Waals surface area (Å²) in [6.07, 6.45) is 0.0321. The van der Waals surface area contributed by atoms with E-state index in [4.69, 9.17) is 4.74 Å². The molecule has 1 aliphatic rings. The average Bonchev–Trinajstić information content (AvgIpc) is 2.26. The number of amides is 1. The molecule has 1 aliphatic heterocycles. The van der Waals surface area contributed by atoms with Gasteiger partial charge in [-0.25, -0.2) is 4.39 Å². The van der Waals surface area contributed by atoms with Crippen LogP contribution in [0.2, 0.25) is 0 Å². The highest BCUT2D eigenvalue weighted by molar-refractivity contribution is 9.10. The number of nitrogens with zero attached hydrogens (tertiary/aromatic N) is 1. The first-order chi connectivity index (χ1) is 8.06. The van der Waals surface area contributed by atoms with Crippen LogP contribution in [0.15, 0.2) is 22.7 Å². The van der Waals surface area contributed by atoms with Gasteiger partial charge in [0.25, 0.3) is 5.91 Å². The summed E-state index contributed by atoms with van der Waals surface area (Å²) in [5, 5.41) is 0. The molecule has 1 fully saturated rings. The second-order valence-corrected chi connectivity index (χ2v) is 5.01. The van der Waals surface area contributed by atoms with Crippen molar-refractivity contribution in [3.63, 3.8) is 0 Å². The van der Waals surface area contributed by atoms with Gasteiger partial charge in [-0.3, -0.25) is 4.79 Å². The Kier molecular flexibility index (Phi) is 3.79. The number of rotatable bonds is 1. The SMILES string of the molecule is CC1CN(C(=O)c2cc(F)cc(Br)c2)CCO1. The quantitative estimate of drug-likeness (QED) is 0.797. The fraction of sp³-hybridized carbons (Fsp3) is 0.417. The molecule has 0 N–H and O–H groups in total. The second-order valence-electron chi connectivity index (χ2n) is 4.09. The summed E-state index contributed by atoms with van der Waals surface area (Å²) in [6.45, 7) is 3.55. The number of carbonyl (C=O) groups excluding carboxylic acids is 1. The smallest absolute Gasteiger partial charge is 0.254 e. The van der Waals surface area contributed by atoms with Gasteiger partial charge in [0, 0.05) is 23.1 Å². The Labute approximate surface area is 108 Å². The third kappa shape index (κ3) is 3.04. The van der Waals surface area contributed by atoms with Gasteiger partial charge in [-0.1, -0.05) is 15.9 Å². The molecule has 0 saturated carbocycles. The van der Waals surface area contributed by atoms with Crippen molar-refractivity contribution in [3.05, 3.63) is 34.1 Å². The molecule has 2 rings (SSSR count). The van der Waals surface area contributed by atoms with Crippen LogP contribution in [-0.2, 0) is 4.74 Å². The van der Waals surface area contributed by atoms with Crippen molar-refractivity contribution < 1.29 is 13.9 Å². The zero-order valence-corrected chi connectivity index (χ0v) is 11.0. The van der Waals surface area contributed by atoms with Crippen molar-refractivity contribution in [1.29, 1.82) is 0 Å². The zero-order chi connectivity index (χ0) is 12.4. The van der Waals surface area contributed by atoms with Crippen molar-refractivity contribution in [3.8, 4) is 0 Å². The molecule has 0 radical (unpaired) electrons. The van der Waals surface area contributed by atoms with Gasteiger partial charge in [0.15, 0.2) is 0 Å². The Morgan fingerprint density at radius 3 is 2.94 bits per heavy atom. The van der Waals surface area contributed by atoms with Crippen molar-refractivity contribution in [2.45, 2.75) is 13.0 Å². The summed E-state index contributed by atoms with van der Waals surface area (Å²) < 4.78 is 19.1. The fourth-order valence-corrected chi connectivity index (χ4v) is 2.33. The number of halogens is 2. The van der Waals surface area contributed by atoms with E-state index in [0.29, 0.717) is 29.7 Å². The minimum atomic E-state index is -0.413. The molecule has 0 aromatic heterocycles. The zero-order valence-electron chi connectivity index (χ0n) is 9.45. The van der Waals surface area contributed by atoms with Crippen LogP contribution < -0.4 is 0 Å². The Morgan fingerprint density at radius 2 is 2.29 bits per heavy atom. The monoisotopic (exact) mass is 301 g/mol. The Bertz CT molecular complexity index is 418. The number of morpholine rings is 1. The van der Waals surface area contributed by atoms with Crippen molar-refractivity contribution in [2.75, 3.05) is 19.7 Å². The molecule has 5 heteroatoms. The molecule has 17 heavy (non-hydrogen) atoms. The highest BCUT2D eigenvalue weighted by Crippen LogP contribution is 2.17. The lowest BCUT2D eigenvalue weighted by molar-refractivity contribution is -0.0124. The first-order valence-electron chi connectivity index (χ1n) is 5.43. The fourth-order valence-electron chi connectivity index (χ4n) is 1.86. The lowest BCUT2D eigenvalue weighted by Gasteiger charge is -2.31. The van der Waals surface area contributed by atoms with Crippen molar-refractivity contribution >= 4 is 21.8 Å². The highest BCUT2D eigenvalue weighted by Gasteiger charge is 2.22. The molecule has 0 bridgehead atoms. The molecule has 1 aromatic carbocycles. The molecular weight excluding hydrogens is 289 g/mol. The van der Waals surface area contributed by atoms with E-state index in [-0.39, 0.29) is 12.0 Å². The number of carbonyl (C=O) groups is 1. The highest BCUT2D eigenvalue weighted by atomic mass is 79.9. The Balaban J connectivity index is 2.18. The van der Waals surface area contributed by atoms with Crippen LogP contribution in [0.25, 0.3) is 0 Å². The standard InChI is InChI=1S/C12H13BrFNO2/c1-8-7-15(2-3-17-8)12(16)9-4-10(13)6-11(14)5-9/h4-6,8H,2-3,7H2,1H3. The minimum Gasteiger partial charge on any atom is -0.375 e. The molecule has 3 nitrogen and oxygen atoms in total. The van der Waals surface area contributed by atoms with Crippen LogP contribution in [0, 0.1) is 5.82 Å². The van der Waals surface area contributed by atoms with E-state index in [0.717, 1.165) is 0 Å². The van der Waals surface area contributed by atoms with Gasteiger partial charge in [-0.2, -0.15) is 0 Å². The number of hydrogen-bond donors (Lipinski definition) is 0. The summed E-state index contributed by atoms with van der Waals surface area (Å²) in [4.78, 5) is 13.8.